The van der Waals surface area contributed by atoms with E-state index in [1.54, 1.807) is 0 Å². The van der Waals surface area contributed by atoms with Gasteiger partial charge in [0.25, 0.3) is 5.91 Å². The first kappa shape index (κ1) is 17.3. The van der Waals surface area contributed by atoms with E-state index >= 15 is 0 Å². The Morgan fingerprint density at radius 3 is 2.40 bits per heavy atom. The van der Waals surface area contributed by atoms with Crippen molar-refractivity contribution in [1.82, 2.24) is 20.2 Å². The fourth-order valence-electron chi connectivity index (χ4n) is 3.21. The van der Waals surface area contributed by atoms with Crippen molar-refractivity contribution in [2.45, 2.75) is 33.6 Å². The molecule has 6 nitrogen and oxygen atoms in total. The van der Waals surface area contributed by atoms with Crippen molar-refractivity contribution in [1.29, 1.82) is 0 Å². The van der Waals surface area contributed by atoms with Crippen LogP contribution in [0.25, 0.3) is 11.0 Å². The molecule has 1 aromatic heterocycles. The molecule has 1 N–H and O–H groups in total. The molecule has 25 heavy (non-hydrogen) atoms. The summed E-state index contributed by atoms with van der Waals surface area (Å²) in [5.41, 5.74) is 3.95. The van der Waals surface area contributed by atoms with E-state index in [1.807, 2.05) is 43.9 Å². The Balaban J connectivity index is 1.72. The average Bonchev–Trinajstić information content (AvgIpc) is 2.62. The molecule has 1 saturated heterocycles. The third kappa shape index (κ3) is 3.62. The molecule has 2 heterocycles. The number of carbonyl (C=O) groups excluding carboxylic acids is 2. The Morgan fingerprint density at radius 2 is 1.76 bits per heavy atom. The number of aryl methyl sites for hydroxylation is 2. The third-order valence-corrected chi connectivity index (χ3v) is 4.83. The van der Waals surface area contributed by atoms with Crippen LogP contribution >= 0.6 is 0 Å². The lowest BCUT2D eigenvalue weighted by molar-refractivity contribution is -0.126. The van der Waals surface area contributed by atoms with E-state index < -0.39 is 0 Å². The van der Waals surface area contributed by atoms with Gasteiger partial charge in [0.1, 0.15) is 0 Å². The first-order valence-electron chi connectivity index (χ1n) is 8.81. The molecule has 132 valence electrons. The van der Waals surface area contributed by atoms with Gasteiger partial charge in [-0.2, -0.15) is 0 Å². The van der Waals surface area contributed by atoms with Crippen LogP contribution in [-0.4, -0.2) is 46.3 Å². The molecule has 1 aliphatic rings. The van der Waals surface area contributed by atoms with Crippen molar-refractivity contribution < 1.29 is 9.59 Å². The van der Waals surface area contributed by atoms with Crippen LogP contribution in [0.15, 0.2) is 18.2 Å². The summed E-state index contributed by atoms with van der Waals surface area (Å²) in [6, 6.07) is 5.47. The van der Waals surface area contributed by atoms with Gasteiger partial charge in [0.05, 0.1) is 22.4 Å². The number of piperidine rings is 1. The van der Waals surface area contributed by atoms with Crippen LogP contribution in [0.5, 0.6) is 0 Å². The van der Waals surface area contributed by atoms with Crippen molar-refractivity contribution in [2.75, 3.05) is 19.6 Å². The summed E-state index contributed by atoms with van der Waals surface area (Å²) in [6.45, 7) is 7.63. The highest BCUT2D eigenvalue weighted by Crippen LogP contribution is 2.21. The molecule has 0 spiro atoms. The fourth-order valence-corrected chi connectivity index (χ4v) is 3.21. The van der Waals surface area contributed by atoms with Crippen LogP contribution in [0.4, 0.5) is 0 Å². The highest BCUT2D eigenvalue weighted by Gasteiger charge is 2.27. The van der Waals surface area contributed by atoms with E-state index in [1.165, 1.54) is 0 Å². The van der Waals surface area contributed by atoms with Crippen molar-refractivity contribution in [2.24, 2.45) is 5.92 Å². The molecule has 2 amide bonds. The first-order chi connectivity index (χ1) is 12.0. The second kappa shape index (κ2) is 7.17. The van der Waals surface area contributed by atoms with Crippen molar-refractivity contribution >= 4 is 22.8 Å². The maximum absolute atomic E-state index is 12.8. The molecule has 0 aliphatic carbocycles. The van der Waals surface area contributed by atoms with Gasteiger partial charge >= 0.3 is 0 Å². The van der Waals surface area contributed by atoms with Gasteiger partial charge in [0, 0.05) is 31.1 Å². The number of carbonyl (C=O) groups is 2. The predicted octanol–water partition coefficient (Wildman–Crippen LogP) is 2.23. The second-order valence-corrected chi connectivity index (χ2v) is 6.56. The van der Waals surface area contributed by atoms with Gasteiger partial charge in [0.15, 0.2) is 0 Å². The van der Waals surface area contributed by atoms with Gasteiger partial charge < -0.3 is 10.2 Å². The number of aromatic nitrogens is 2. The number of rotatable bonds is 3. The Kier molecular flexibility index (Phi) is 4.97. The monoisotopic (exact) mass is 340 g/mol. The molecule has 0 radical (unpaired) electrons. The number of hydrogen-bond donors (Lipinski definition) is 1. The van der Waals surface area contributed by atoms with Gasteiger partial charge in [-0.05, 0) is 51.8 Å². The summed E-state index contributed by atoms with van der Waals surface area (Å²) in [6.07, 6.45) is 1.42. The van der Waals surface area contributed by atoms with Crippen molar-refractivity contribution in [3.05, 3.63) is 35.2 Å². The fraction of sp³-hybridized carbons (Fsp3) is 0.474. The molecule has 0 atom stereocenters. The molecule has 6 heteroatoms. The topological polar surface area (TPSA) is 75.2 Å². The highest BCUT2D eigenvalue weighted by molar-refractivity contribution is 5.97. The average molecular weight is 340 g/mol. The number of hydrogen-bond acceptors (Lipinski definition) is 4. The Bertz CT molecular complexity index is 810. The van der Waals surface area contributed by atoms with E-state index in [0.717, 1.165) is 22.4 Å². The Labute approximate surface area is 147 Å². The maximum Gasteiger partial charge on any atom is 0.253 e. The second-order valence-electron chi connectivity index (χ2n) is 6.56. The van der Waals surface area contributed by atoms with E-state index in [2.05, 4.69) is 15.3 Å². The Morgan fingerprint density at radius 1 is 1.12 bits per heavy atom. The van der Waals surface area contributed by atoms with Crippen molar-refractivity contribution in [3.63, 3.8) is 0 Å². The summed E-state index contributed by atoms with van der Waals surface area (Å²) >= 11 is 0. The van der Waals surface area contributed by atoms with E-state index in [-0.39, 0.29) is 17.7 Å². The lowest BCUT2D eigenvalue weighted by atomic mass is 9.95. The zero-order chi connectivity index (χ0) is 18.0. The molecule has 1 fully saturated rings. The lowest BCUT2D eigenvalue weighted by Gasteiger charge is -2.31. The minimum atomic E-state index is -0.00345. The SMILES string of the molecule is CCNC(=O)C1CCN(C(=O)c2ccc3nc(C)c(C)nc3c2)CC1. The zero-order valence-corrected chi connectivity index (χ0v) is 15.0. The van der Waals surface area contributed by atoms with Crippen LogP contribution < -0.4 is 5.32 Å². The minimum absolute atomic E-state index is 0.00345. The number of nitrogens with one attached hydrogen (secondary N) is 1. The third-order valence-electron chi connectivity index (χ3n) is 4.83. The summed E-state index contributed by atoms with van der Waals surface area (Å²) in [5, 5.41) is 2.86. The smallest absolute Gasteiger partial charge is 0.253 e. The molecular formula is C19H24N4O2. The van der Waals surface area contributed by atoms with Crippen LogP contribution in [0, 0.1) is 19.8 Å². The van der Waals surface area contributed by atoms with Gasteiger partial charge in [-0.15, -0.1) is 0 Å². The summed E-state index contributed by atoms with van der Waals surface area (Å²) in [7, 11) is 0. The minimum Gasteiger partial charge on any atom is -0.356 e. The molecule has 0 unspecified atom stereocenters. The number of nitrogens with zero attached hydrogens (tertiary/aromatic N) is 3. The largest absolute Gasteiger partial charge is 0.356 e. The van der Waals surface area contributed by atoms with E-state index in [9.17, 15) is 9.59 Å². The maximum atomic E-state index is 12.8. The summed E-state index contributed by atoms with van der Waals surface area (Å²) in [5.74, 6) is 0.106. The van der Waals surface area contributed by atoms with Gasteiger partial charge in [-0.1, -0.05) is 0 Å². The molecule has 1 aromatic carbocycles. The van der Waals surface area contributed by atoms with E-state index in [0.29, 0.717) is 38.0 Å². The highest BCUT2D eigenvalue weighted by atomic mass is 16.2. The summed E-state index contributed by atoms with van der Waals surface area (Å²) < 4.78 is 0. The van der Waals surface area contributed by atoms with Gasteiger partial charge in [-0.25, -0.2) is 9.97 Å². The normalized spacial score (nSPS) is 15.4. The number of fused-ring (bicyclic) bond motifs is 1. The lowest BCUT2D eigenvalue weighted by Crippen LogP contribution is -2.43. The van der Waals surface area contributed by atoms with Crippen LogP contribution in [0.2, 0.25) is 0 Å². The first-order valence-corrected chi connectivity index (χ1v) is 8.81. The van der Waals surface area contributed by atoms with Crippen LogP contribution in [-0.2, 0) is 4.79 Å². The predicted molar refractivity (Wildman–Crippen MR) is 96.3 cm³/mol. The molecule has 1 aliphatic heterocycles. The number of amides is 2. The number of benzene rings is 1. The number of likely N-dealkylation sites (tertiary alicyclic amines) is 1. The van der Waals surface area contributed by atoms with Gasteiger partial charge in [0.2, 0.25) is 5.91 Å². The van der Waals surface area contributed by atoms with Crippen LogP contribution in [0.1, 0.15) is 41.5 Å². The molecule has 0 saturated carbocycles. The molecule has 3 rings (SSSR count). The molecular weight excluding hydrogens is 316 g/mol. The zero-order valence-electron chi connectivity index (χ0n) is 15.0. The van der Waals surface area contributed by atoms with Crippen LogP contribution in [0.3, 0.4) is 0 Å². The standard InChI is InChI=1S/C19H24N4O2/c1-4-20-18(24)14-7-9-23(10-8-14)19(25)15-5-6-16-17(11-15)22-13(3)12(2)21-16/h5-6,11,14H,4,7-10H2,1-3H3,(H,20,24). The van der Waals surface area contributed by atoms with E-state index in [4.69, 9.17) is 0 Å². The molecule has 2 aromatic rings. The Hall–Kier alpha value is -2.50. The van der Waals surface area contributed by atoms with Gasteiger partial charge in [-0.3, -0.25) is 9.59 Å². The summed E-state index contributed by atoms with van der Waals surface area (Å²) in [4.78, 5) is 35.6. The van der Waals surface area contributed by atoms with Crippen molar-refractivity contribution in [3.8, 4) is 0 Å². The molecule has 0 bridgehead atoms. The quantitative estimate of drug-likeness (QED) is 0.930.